The Morgan fingerprint density at radius 2 is 2.00 bits per heavy atom. The van der Waals surface area contributed by atoms with E-state index in [4.69, 9.17) is 9.15 Å². The largest absolute Gasteiger partial charge is 0.496 e. The van der Waals surface area contributed by atoms with Gasteiger partial charge in [0.1, 0.15) is 17.1 Å². The quantitative estimate of drug-likeness (QED) is 0.708. The Kier molecular flexibility index (Phi) is 1.78. The molecule has 0 radical (unpaired) electrons. The summed E-state index contributed by atoms with van der Waals surface area (Å²) in [5, 5.41) is 1.30. The van der Waals surface area contributed by atoms with E-state index in [0.717, 1.165) is 29.9 Å². The first-order valence-corrected chi connectivity index (χ1v) is 5.39. The Morgan fingerprint density at radius 1 is 1.20 bits per heavy atom. The van der Waals surface area contributed by atoms with Crippen molar-refractivity contribution in [3.8, 4) is 5.75 Å². The first kappa shape index (κ1) is 8.84. The van der Waals surface area contributed by atoms with Crippen molar-refractivity contribution in [1.29, 1.82) is 0 Å². The Bertz CT molecular complexity index is 523. The minimum absolute atomic E-state index is 1.00. The van der Waals surface area contributed by atoms with Crippen LogP contribution < -0.4 is 4.74 Å². The normalized spacial score (nSPS) is 14.5. The van der Waals surface area contributed by atoms with Gasteiger partial charge >= 0.3 is 0 Å². The van der Waals surface area contributed by atoms with Crippen LogP contribution in [0.2, 0.25) is 0 Å². The van der Waals surface area contributed by atoms with Gasteiger partial charge < -0.3 is 9.15 Å². The zero-order valence-corrected chi connectivity index (χ0v) is 9.09. The van der Waals surface area contributed by atoms with E-state index in [9.17, 15) is 0 Å². The minimum Gasteiger partial charge on any atom is -0.496 e. The summed E-state index contributed by atoms with van der Waals surface area (Å²) in [6, 6.07) is 4.02. The number of hydrogen-bond acceptors (Lipinski definition) is 2. The van der Waals surface area contributed by atoms with Gasteiger partial charge in [0.15, 0.2) is 0 Å². The highest BCUT2D eigenvalue weighted by Crippen LogP contribution is 2.38. The first-order chi connectivity index (χ1) is 7.31. The van der Waals surface area contributed by atoms with Gasteiger partial charge in [-0.15, -0.1) is 0 Å². The lowest BCUT2D eigenvalue weighted by molar-refractivity contribution is 0.409. The van der Waals surface area contributed by atoms with E-state index < -0.39 is 0 Å². The first-order valence-electron chi connectivity index (χ1n) is 5.39. The number of hydrogen-bond donors (Lipinski definition) is 0. The lowest BCUT2D eigenvalue weighted by Gasteiger charge is -2.14. The van der Waals surface area contributed by atoms with Crippen LogP contribution in [-0.4, -0.2) is 7.11 Å². The number of methoxy groups -OCH3 is 1. The molecule has 0 N–H and O–H groups in total. The van der Waals surface area contributed by atoms with Crippen LogP contribution in [0.25, 0.3) is 11.0 Å². The van der Waals surface area contributed by atoms with Crippen LogP contribution in [0.15, 0.2) is 16.5 Å². The van der Waals surface area contributed by atoms with Crippen molar-refractivity contribution in [2.45, 2.75) is 26.2 Å². The molecule has 2 heteroatoms. The number of benzene rings is 1. The fourth-order valence-corrected chi connectivity index (χ4v) is 2.61. The maximum atomic E-state index is 5.75. The van der Waals surface area contributed by atoms with E-state index in [0.29, 0.717) is 0 Å². The number of aryl methyl sites for hydroxylation is 3. The van der Waals surface area contributed by atoms with Gasteiger partial charge in [0.25, 0.3) is 0 Å². The van der Waals surface area contributed by atoms with Crippen LogP contribution in [0.3, 0.4) is 0 Å². The average Bonchev–Trinajstić information content (AvgIpc) is 2.59. The molecule has 1 aliphatic rings. The van der Waals surface area contributed by atoms with Crippen LogP contribution in [0, 0.1) is 6.92 Å². The Labute approximate surface area is 88.8 Å². The molecule has 1 aliphatic carbocycles. The number of furan rings is 1. The summed E-state index contributed by atoms with van der Waals surface area (Å²) < 4.78 is 11.2. The number of ether oxygens (including phenoxy) is 1. The molecule has 0 atom stereocenters. The van der Waals surface area contributed by atoms with Gasteiger partial charge in [-0.25, -0.2) is 0 Å². The maximum absolute atomic E-state index is 5.75. The summed E-state index contributed by atoms with van der Waals surface area (Å²) in [4.78, 5) is 0. The van der Waals surface area contributed by atoms with Gasteiger partial charge in [-0.3, -0.25) is 0 Å². The molecule has 1 aromatic heterocycles. The van der Waals surface area contributed by atoms with E-state index in [1.165, 1.54) is 22.9 Å². The molecule has 0 saturated carbocycles. The number of rotatable bonds is 1. The third-order valence-electron chi connectivity index (χ3n) is 3.29. The third-order valence-corrected chi connectivity index (χ3v) is 3.29. The lowest BCUT2D eigenvalue weighted by atomic mass is 9.91. The molecule has 0 unspecified atom stereocenters. The summed E-state index contributed by atoms with van der Waals surface area (Å²) in [5.74, 6) is 2.07. The van der Waals surface area contributed by atoms with Crippen molar-refractivity contribution in [2.24, 2.45) is 0 Å². The highest BCUT2D eigenvalue weighted by molar-refractivity contribution is 5.88. The molecule has 0 spiro atoms. The van der Waals surface area contributed by atoms with Crippen molar-refractivity contribution in [1.82, 2.24) is 0 Å². The molecule has 0 fully saturated rings. The van der Waals surface area contributed by atoms with E-state index in [2.05, 4.69) is 6.92 Å². The van der Waals surface area contributed by atoms with Crippen molar-refractivity contribution < 1.29 is 9.15 Å². The van der Waals surface area contributed by atoms with Gasteiger partial charge in [0, 0.05) is 16.5 Å². The van der Waals surface area contributed by atoms with Crippen LogP contribution in [-0.2, 0) is 12.8 Å². The van der Waals surface area contributed by atoms with Crippen molar-refractivity contribution in [3.63, 3.8) is 0 Å². The summed E-state index contributed by atoms with van der Waals surface area (Å²) in [6.07, 6.45) is 3.44. The molecule has 0 saturated heterocycles. The second-order valence-electron chi connectivity index (χ2n) is 4.11. The molecule has 3 rings (SSSR count). The monoisotopic (exact) mass is 202 g/mol. The summed E-state index contributed by atoms with van der Waals surface area (Å²) in [7, 11) is 1.74. The zero-order chi connectivity index (χ0) is 10.4. The van der Waals surface area contributed by atoms with Gasteiger partial charge in [0.2, 0.25) is 0 Å². The topological polar surface area (TPSA) is 22.4 Å². The zero-order valence-electron chi connectivity index (χ0n) is 9.09. The molecule has 0 aliphatic heterocycles. The van der Waals surface area contributed by atoms with E-state index in [1.54, 1.807) is 7.11 Å². The smallest absolute Gasteiger partial charge is 0.135 e. The highest BCUT2D eigenvalue weighted by Gasteiger charge is 2.21. The second kappa shape index (κ2) is 3.02. The molecule has 2 aromatic rings. The van der Waals surface area contributed by atoms with Gasteiger partial charge in [-0.2, -0.15) is 0 Å². The molecule has 78 valence electrons. The maximum Gasteiger partial charge on any atom is 0.135 e. The highest BCUT2D eigenvalue weighted by atomic mass is 16.5. The van der Waals surface area contributed by atoms with Crippen molar-refractivity contribution in [2.75, 3.05) is 7.11 Å². The standard InChI is InChI=1S/C13H14O2/c1-8-9-4-3-5-10-11(14-2)6-7-12(15-8)13(9)10/h6-7H,3-5H2,1-2H3. The average molecular weight is 202 g/mol. The molecular weight excluding hydrogens is 188 g/mol. The summed E-state index contributed by atoms with van der Waals surface area (Å²) in [6.45, 7) is 2.05. The Balaban J connectivity index is 2.43. The lowest BCUT2D eigenvalue weighted by Crippen LogP contribution is -2.01. The van der Waals surface area contributed by atoms with Gasteiger partial charge in [0.05, 0.1) is 7.11 Å². The van der Waals surface area contributed by atoms with Crippen molar-refractivity contribution in [3.05, 3.63) is 29.0 Å². The van der Waals surface area contributed by atoms with Crippen LogP contribution in [0.4, 0.5) is 0 Å². The van der Waals surface area contributed by atoms with Gasteiger partial charge in [-0.05, 0) is 38.3 Å². The van der Waals surface area contributed by atoms with Crippen molar-refractivity contribution >= 4 is 11.0 Å². The molecule has 0 bridgehead atoms. The van der Waals surface area contributed by atoms with Crippen LogP contribution >= 0.6 is 0 Å². The fourth-order valence-electron chi connectivity index (χ4n) is 2.61. The SMILES string of the molecule is COc1ccc2oc(C)c3c2c1CCC3. The van der Waals surface area contributed by atoms with E-state index in [1.807, 2.05) is 12.1 Å². The summed E-state index contributed by atoms with van der Waals surface area (Å²) >= 11 is 0. The van der Waals surface area contributed by atoms with Gasteiger partial charge in [-0.1, -0.05) is 0 Å². The predicted molar refractivity (Wildman–Crippen MR) is 59.5 cm³/mol. The molecule has 0 amide bonds. The van der Waals surface area contributed by atoms with E-state index >= 15 is 0 Å². The Morgan fingerprint density at radius 3 is 2.80 bits per heavy atom. The fraction of sp³-hybridized carbons (Fsp3) is 0.385. The molecule has 2 nitrogen and oxygen atoms in total. The van der Waals surface area contributed by atoms with Crippen LogP contribution in [0.5, 0.6) is 5.75 Å². The molecule has 1 heterocycles. The minimum atomic E-state index is 1.00. The van der Waals surface area contributed by atoms with E-state index in [-0.39, 0.29) is 0 Å². The third kappa shape index (κ3) is 1.11. The summed E-state index contributed by atoms with van der Waals surface area (Å²) in [5.41, 5.74) is 3.72. The van der Waals surface area contributed by atoms with Crippen LogP contribution in [0.1, 0.15) is 23.3 Å². The molecule has 1 aromatic carbocycles. The molecular formula is C13H14O2. The molecule has 15 heavy (non-hydrogen) atoms. The predicted octanol–water partition coefficient (Wildman–Crippen LogP) is 3.24. The second-order valence-corrected chi connectivity index (χ2v) is 4.11. The Hall–Kier alpha value is -1.44.